The molecule has 0 spiro atoms. The highest BCUT2D eigenvalue weighted by Gasteiger charge is 2.16. The van der Waals surface area contributed by atoms with Gasteiger partial charge in [-0.1, -0.05) is 6.92 Å². The SMILES string of the molecule is CCc1nn(C)c(Cn2c(=O)c(N)cn(C)c2=O)c1Br. The van der Waals surface area contributed by atoms with E-state index in [9.17, 15) is 9.59 Å². The van der Waals surface area contributed by atoms with Crippen LogP contribution in [0.2, 0.25) is 0 Å². The molecule has 0 saturated heterocycles. The van der Waals surface area contributed by atoms with Gasteiger partial charge in [0.15, 0.2) is 0 Å². The Kier molecular flexibility index (Phi) is 3.85. The first-order valence-corrected chi connectivity index (χ1v) is 6.92. The van der Waals surface area contributed by atoms with Crippen molar-refractivity contribution in [1.29, 1.82) is 0 Å². The Morgan fingerprint density at radius 3 is 2.55 bits per heavy atom. The zero-order chi connectivity index (χ0) is 15.0. The third-order valence-corrected chi connectivity index (χ3v) is 4.08. The molecule has 0 radical (unpaired) electrons. The Bertz CT molecular complexity index is 737. The van der Waals surface area contributed by atoms with Crippen molar-refractivity contribution in [2.24, 2.45) is 14.1 Å². The fourth-order valence-electron chi connectivity index (χ4n) is 2.03. The summed E-state index contributed by atoms with van der Waals surface area (Å²) in [6, 6.07) is 0. The van der Waals surface area contributed by atoms with Crippen molar-refractivity contribution in [2.45, 2.75) is 19.9 Å². The summed E-state index contributed by atoms with van der Waals surface area (Å²) in [5, 5.41) is 4.34. The van der Waals surface area contributed by atoms with E-state index >= 15 is 0 Å². The Labute approximate surface area is 123 Å². The number of nitrogens with zero attached hydrogens (tertiary/aromatic N) is 4. The predicted molar refractivity (Wildman–Crippen MR) is 79.7 cm³/mol. The Morgan fingerprint density at radius 2 is 2.00 bits per heavy atom. The number of hydrogen-bond donors (Lipinski definition) is 1. The predicted octanol–water partition coefficient (Wildman–Crippen LogP) is 0.236. The van der Waals surface area contributed by atoms with E-state index in [1.807, 2.05) is 6.92 Å². The van der Waals surface area contributed by atoms with Crippen molar-refractivity contribution >= 4 is 21.6 Å². The summed E-state index contributed by atoms with van der Waals surface area (Å²) in [6.07, 6.45) is 2.09. The van der Waals surface area contributed by atoms with Crippen molar-refractivity contribution in [3.63, 3.8) is 0 Å². The van der Waals surface area contributed by atoms with Gasteiger partial charge in [0.05, 0.1) is 22.4 Å². The molecule has 2 heterocycles. The summed E-state index contributed by atoms with van der Waals surface area (Å²) in [4.78, 5) is 24.1. The third-order valence-electron chi connectivity index (χ3n) is 3.17. The first kappa shape index (κ1) is 14.6. The van der Waals surface area contributed by atoms with Gasteiger partial charge in [0, 0.05) is 20.3 Å². The van der Waals surface area contributed by atoms with E-state index in [-0.39, 0.29) is 12.2 Å². The standard InChI is InChI=1S/C12H16BrN5O2/c1-4-8-10(13)9(17(3)15-8)6-18-11(19)7(14)5-16(2)12(18)20/h5H,4,6,14H2,1-3H3. The summed E-state index contributed by atoms with van der Waals surface area (Å²) in [5.74, 6) is 0. The monoisotopic (exact) mass is 341 g/mol. The first-order chi connectivity index (χ1) is 9.36. The highest BCUT2D eigenvalue weighted by molar-refractivity contribution is 9.10. The molecule has 0 aliphatic carbocycles. The number of rotatable bonds is 3. The second-order valence-electron chi connectivity index (χ2n) is 4.55. The maximum atomic E-state index is 12.1. The highest BCUT2D eigenvalue weighted by Crippen LogP contribution is 2.21. The van der Waals surface area contributed by atoms with Crippen LogP contribution in [0.3, 0.4) is 0 Å². The van der Waals surface area contributed by atoms with Crippen LogP contribution < -0.4 is 17.0 Å². The average molecular weight is 342 g/mol. The van der Waals surface area contributed by atoms with E-state index < -0.39 is 11.2 Å². The number of nitrogen functional groups attached to an aromatic ring is 1. The lowest BCUT2D eigenvalue weighted by Crippen LogP contribution is -2.40. The molecule has 108 valence electrons. The van der Waals surface area contributed by atoms with Gasteiger partial charge >= 0.3 is 5.69 Å². The van der Waals surface area contributed by atoms with Crippen LogP contribution >= 0.6 is 15.9 Å². The van der Waals surface area contributed by atoms with Crippen LogP contribution in [-0.2, 0) is 27.1 Å². The second-order valence-corrected chi connectivity index (χ2v) is 5.35. The molecule has 2 rings (SSSR count). The molecule has 0 amide bonds. The number of anilines is 1. The Hall–Kier alpha value is -1.83. The number of halogens is 1. The van der Waals surface area contributed by atoms with Crippen LogP contribution in [0.4, 0.5) is 5.69 Å². The highest BCUT2D eigenvalue weighted by atomic mass is 79.9. The summed E-state index contributed by atoms with van der Waals surface area (Å²) in [7, 11) is 3.34. The molecular weight excluding hydrogens is 326 g/mol. The minimum Gasteiger partial charge on any atom is -0.393 e. The largest absolute Gasteiger partial charge is 0.393 e. The fraction of sp³-hybridized carbons (Fsp3) is 0.417. The van der Waals surface area contributed by atoms with Crippen molar-refractivity contribution < 1.29 is 0 Å². The van der Waals surface area contributed by atoms with E-state index in [0.717, 1.165) is 26.8 Å². The van der Waals surface area contributed by atoms with Crippen LogP contribution in [-0.4, -0.2) is 18.9 Å². The molecule has 0 unspecified atom stereocenters. The Morgan fingerprint density at radius 1 is 1.35 bits per heavy atom. The lowest BCUT2D eigenvalue weighted by molar-refractivity contribution is 0.599. The number of nitrogens with two attached hydrogens (primary N) is 1. The number of aryl methyl sites for hydroxylation is 3. The average Bonchev–Trinajstić information content (AvgIpc) is 2.68. The molecule has 0 aromatic carbocycles. The lowest BCUT2D eigenvalue weighted by atomic mass is 10.3. The van der Waals surface area contributed by atoms with Crippen LogP contribution in [0.5, 0.6) is 0 Å². The fourth-order valence-corrected chi connectivity index (χ4v) is 2.77. The summed E-state index contributed by atoms with van der Waals surface area (Å²) < 4.78 is 4.88. The van der Waals surface area contributed by atoms with Gasteiger partial charge in [-0.15, -0.1) is 0 Å². The van der Waals surface area contributed by atoms with Gasteiger partial charge in [0.2, 0.25) is 0 Å². The molecule has 2 aromatic heterocycles. The first-order valence-electron chi connectivity index (χ1n) is 6.13. The van der Waals surface area contributed by atoms with Crippen molar-refractivity contribution in [3.8, 4) is 0 Å². The molecule has 20 heavy (non-hydrogen) atoms. The molecule has 0 fully saturated rings. The van der Waals surface area contributed by atoms with Crippen LogP contribution in [0.1, 0.15) is 18.3 Å². The van der Waals surface area contributed by atoms with E-state index in [1.165, 1.54) is 10.8 Å². The summed E-state index contributed by atoms with van der Waals surface area (Å²) >= 11 is 3.47. The van der Waals surface area contributed by atoms with Gasteiger partial charge in [0.25, 0.3) is 5.56 Å². The van der Waals surface area contributed by atoms with Gasteiger partial charge < -0.3 is 10.3 Å². The van der Waals surface area contributed by atoms with Crippen molar-refractivity contribution in [2.75, 3.05) is 5.73 Å². The van der Waals surface area contributed by atoms with E-state index in [0.29, 0.717) is 0 Å². The minimum atomic E-state index is -0.487. The summed E-state index contributed by atoms with van der Waals surface area (Å²) in [6.45, 7) is 2.11. The second kappa shape index (κ2) is 5.28. The number of aromatic nitrogens is 4. The normalized spacial score (nSPS) is 11.0. The van der Waals surface area contributed by atoms with Gasteiger partial charge in [-0.2, -0.15) is 5.10 Å². The van der Waals surface area contributed by atoms with Gasteiger partial charge in [-0.25, -0.2) is 4.79 Å². The minimum absolute atomic E-state index is 0.0427. The van der Waals surface area contributed by atoms with Crippen molar-refractivity contribution in [1.82, 2.24) is 18.9 Å². The third kappa shape index (κ3) is 2.31. The molecule has 0 aliphatic heterocycles. The van der Waals surface area contributed by atoms with E-state index in [1.54, 1.807) is 18.8 Å². The molecule has 0 atom stereocenters. The summed E-state index contributed by atoms with van der Waals surface area (Å²) in [5.41, 5.74) is 6.41. The quantitative estimate of drug-likeness (QED) is 0.865. The van der Waals surface area contributed by atoms with Gasteiger partial charge in [-0.3, -0.25) is 14.0 Å². The number of hydrogen-bond acceptors (Lipinski definition) is 4. The van der Waals surface area contributed by atoms with Crippen molar-refractivity contribution in [3.05, 3.63) is 42.9 Å². The maximum absolute atomic E-state index is 12.1. The molecule has 7 nitrogen and oxygen atoms in total. The molecule has 2 aromatic rings. The lowest BCUT2D eigenvalue weighted by Gasteiger charge is -2.09. The molecular formula is C12H16BrN5O2. The van der Waals surface area contributed by atoms with Crippen LogP contribution in [0, 0.1) is 0 Å². The van der Waals surface area contributed by atoms with Gasteiger partial charge in [0.1, 0.15) is 5.69 Å². The topological polar surface area (TPSA) is 87.8 Å². The molecule has 0 bridgehead atoms. The smallest absolute Gasteiger partial charge is 0.331 e. The Balaban J connectivity index is 2.59. The van der Waals surface area contributed by atoms with E-state index in [2.05, 4.69) is 21.0 Å². The molecule has 0 saturated carbocycles. The van der Waals surface area contributed by atoms with Crippen LogP contribution in [0.25, 0.3) is 0 Å². The molecule has 0 aliphatic rings. The van der Waals surface area contributed by atoms with E-state index in [4.69, 9.17) is 5.73 Å². The molecule has 2 N–H and O–H groups in total. The zero-order valence-electron chi connectivity index (χ0n) is 11.6. The molecule has 8 heteroatoms. The zero-order valence-corrected chi connectivity index (χ0v) is 13.1. The van der Waals surface area contributed by atoms with Crippen LogP contribution in [0.15, 0.2) is 20.3 Å². The maximum Gasteiger partial charge on any atom is 0.331 e. The van der Waals surface area contributed by atoms with Gasteiger partial charge in [-0.05, 0) is 22.4 Å².